The quantitative estimate of drug-likeness (QED) is 0.564. The molecule has 0 unspecified atom stereocenters. The first-order valence-electron chi connectivity index (χ1n) is 5.37. The summed E-state index contributed by atoms with van der Waals surface area (Å²) in [6, 6.07) is 5.95. The van der Waals surface area contributed by atoms with Gasteiger partial charge in [0.25, 0.3) is 0 Å². The summed E-state index contributed by atoms with van der Waals surface area (Å²) in [6.07, 6.45) is 2.71. The number of likely N-dealkylation sites (N-methyl/N-ethyl adjacent to an activating group) is 1. The van der Waals surface area contributed by atoms with E-state index in [4.69, 9.17) is 9.47 Å². The van der Waals surface area contributed by atoms with Crippen molar-refractivity contribution in [1.82, 2.24) is 5.32 Å². The predicted octanol–water partition coefficient (Wildman–Crippen LogP) is 2.02. The fraction of sp³-hybridized carbons (Fsp3) is 0.385. The molecular weight excluding hydrogens is 202 g/mol. The van der Waals surface area contributed by atoms with E-state index < -0.39 is 0 Å². The maximum absolute atomic E-state index is 5.59. The molecule has 1 aromatic carbocycles. The van der Waals surface area contributed by atoms with Crippen molar-refractivity contribution < 1.29 is 9.47 Å². The summed E-state index contributed by atoms with van der Waals surface area (Å²) in [5.41, 5.74) is 1.17. The van der Waals surface area contributed by atoms with Crippen LogP contribution < -0.4 is 14.8 Å². The van der Waals surface area contributed by atoms with Gasteiger partial charge in [0, 0.05) is 6.54 Å². The van der Waals surface area contributed by atoms with Gasteiger partial charge in [-0.1, -0.05) is 12.1 Å². The fourth-order valence-corrected chi connectivity index (χ4v) is 1.39. The lowest BCUT2D eigenvalue weighted by molar-refractivity contribution is 0.295. The molecule has 0 amide bonds. The van der Waals surface area contributed by atoms with Crippen LogP contribution in [0.1, 0.15) is 5.56 Å². The topological polar surface area (TPSA) is 30.5 Å². The van der Waals surface area contributed by atoms with E-state index in [2.05, 4.69) is 11.9 Å². The largest absolute Gasteiger partial charge is 0.493 e. The second-order valence-corrected chi connectivity index (χ2v) is 3.43. The van der Waals surface area contributed by atoms with E-state index in [1.807, 2.05) is 31.3 Å². The Morgan fingerprint density at radius 2 is 2.19 bits per heavy atom. The zero-order valence-corrected chi connectivity index (χ0v) is 9.95. The van der Waals surface area contributed by atoms with Crippen LogP contribution in [0.5, 0.6) is 11.5 Å². The molecule has 0 saturated carbocycles. The van der Waals surface area contributed by atoms with E-state index in [1.54, 1.807) is 7.11 Å². The van der Waals surface area contributed by atoms with Crippen molar-refractivity contribution >= 4 is 0 Å². The lowest BCUT2D eigenvalue weighted by Crippen LogP contribution is -2.16. The Morgan fingerprint density at radius 3 is 2.81 bits per heavy atom. The number of allylic oxidation sites excluding steroid dienone is 1. The minimum absolute atomic E-state index is 0.633. The molecule has 3 heteroatoms. The second-order valence-electron chi connectivity index (χ2n) is 3.43. The smallest absolute Gasteiger partial charge is 0.161 e. The number of hydrogen-bond donors (Lipinski definition) is 1. The number of benzene rings is 1. The first kappa shape index (κ1) is 12.6. The van der Waals surface area contributed by atoms with Crippen LogP contribution in [0.25, 0.3) is 0 Å². The Kier molecular flexibility index (Phi) is 5.43. The second kappa shape index (κ2) is 6.90. The van der Waals surface area contributed by atoms with Gasteiger partial charge in [0.1, 0.15) is 6.61 Å². The first-order chi connectivity index (χ1) is 7.81. The molecule has 0 spiro atoms. The summed E-state index contributed by atoms with van der Waals surface area (Å²) in [7, 11) is 3.55. The molecule has 0 bridgehead atoms. The predicted molar refractivity (Wildman–Crippen MR) is 66.3 cm³/mol. The molecule has 0 radical (unpaired) electrons. The summed E-state index contributed by atoms with van der Waals surface area (Å²) in [5, 5.41) is 3.03. The van der Waals surface area contributed by atoms with Crippen LogP contribution in [-0.2, 0) is 6.42 Å². The van der Waals surface area contributed by atoms with Gasteiger partial charge in [-0.05, 0) is 31.2 Å². The number of rotatable bonds is 7. The molecule has 0 heterocycles. The average molecular weight is 221 g/mol. The van der Waals surface area contributed by atoms with Crippen molar-refractivity contribution in [2.45, 2.75) is 6.42 Å². The van der Waals surface area contributed by atoms with Crippen LogP contribution in [0.3, 0.4) is 0 Å². The van der Waals surface area contributed by atoms with Crippen LogP contribution in [0.15, 0.2) is 30.9 Å². The SMILES string of the molecule is C=CCc1ccc(OCCNC)c(OC)c1. The molecule has 3 nitrogen and oxygen atoms in total. The minimum atomic E-state index is 0.633. The maximum atomic E-state index is 5.59. The molecule has 0 atom stereocenters. The molecule has 0 aromatic heterocycles. The highest BCUT2D eigenvalue weighted by molar-refractivity contribution is 5.43. The molecule has 16 heavy (non-hydrogen) atoms. The monoisotopic (exact) mass is 221 g/mol. The van der Waals surface area contributed by atoms with Crippen molar-refractivity contribution in [3.05, 3.63) is 36.4 Å². The van der Waals surface area contributed by atoms with Crippen LogP contribution in [0.2, 0.25) is 0 Å². The summed E-state index contributed by atoms with van der Waals surface area (Å²) in [6.45, 7) is 5.16. The molecule has 1 rings (SSSR count). The molecule has 0 aliphatic rings. The van der Waals surface area contributed by atoms with E-state index in [1.165, 1.54) is 5.56 Å². The Balaban J connectivity index is 2.72. The standard InChI is InChI=1S/C13H19NO2/c1-4-5-11-6-7-12(13(10-11)15-3)16-9-8-14-2/h4,6-7,10,14H,1,5,8-9H2,2-3H3. The molecule has 88 valence electrons. The highest BCUT2D eigenvalue weighted by Gasteiger charge is 2.04. The van der Waals surface area contributed by atoms with Crippen molar-refractivity contribution in [2.75, 3.05) is 27.3 Å². The van der Waals surface area contributed by atoms with Crippen molar-refractivity contribution in [2.24, 2.45) is 0 Å². The summed E-state index contributed by atoms with van der Waals surface area (Å²) in [5.74, 6) is 1.56. The van der Waals surface area contributed by atoms with Gasteiger partial charge in [0.05, 0.1) is 7.11 Å². The van der Waals surface area contributed by atoms with Crippen LogP contribution in [0, 0.1) is 0 Å². The van der Waals surface area contributed by atoms with Gasteiger partial charge >= 0.3 is 0 Å². The van der Waals surface area contributed by atoms with E-state index >= 15 is 0 Å². The van der Waals surface area contributed by atoms with Gasteiger partial charge < -0.3 is 14.8 Å². The Labute approximate surface area is 97.1 Å². The number of ether oxygens (including phenoxy) is 2. The van der Waals surface area contributed by atoms with E-state index in [0.717, 1.165) is 24.5 Å². The molecule has 1 N–H and O–H groups in total. The van der Waals surface area contributed by atoms with Gasteiger partial charge in [0.2, 0.25) is 0 Å². The van der Waals surface area contributed by atoms with E-state index in [9.17, 15) is 0 Å². The molecule has 1 aromatic rings. The third-order valence-electron chi connectivity index (χ3n) is 2.22. The van der Waals surface area contributed by atoms with Gasteiger partial charge in [-0.2, -0.15) is 0 Å². The van der Waals surface area contributed by atoms with Crippen LogP contribution in [-0.4, -0.2) is 27.3 Å². The minimum Gasteiger partial charge on any atom is -0.493 e. The van der Waals surface area contributed by atoms with E-state index in [0.29, 0.717) is 6.61 Å². The van der Waals surface area contributed by atoms with E-state index in [-0.39, 0.29) is 0 Å². The Hall–Kier alpha value is -1.48. The number of hydrogen-bond acceptors (Lipinski definition) is 3. The van der Waals surface area contributed by atoms with Gasteiger partial charge in [0.15, 0.2) is 11.5 Å². The van der Waals surface area contributed by atoms with Gasteiger partial charge in [-0.15, -0.1) is 6.58 Å². The molecular formula is C13H19NO2. The van der Waals surface area contributed by atoms with Crippen molar-refractivity contribution in [3.8, 4) is 11.5 Å². The molecule has 0 saturated heterocycles. The Bertz CT molecular complexity index is 337. The van der Waals surface area contributed by atoms with Crippen LogP contribution in [0.4, 0.5) is 0 Å². The highest BCUT2D eigenvalue weighted by atomic mass is 16.5. The van der Waals surface area contributed by atoms with Crippen molar-refractivity contribution in [3.63, 3.8) is 0 Å². The van der Waals surface area contributed by atoms with Crippen LogP contribution >= 0.6 is 0 Å². The number of nitrogens with one attached hydrogen (secondary N) is 1. The maximum Gasteiger partial charge on any atom is 0.161 e. The average Bonchev–Trinajstić information content (AvgIpc) is 2.31. The lowest BCUT2D eigenvalue weighted by atomic mass is 10.1. The highest BCUT2D eigenvalue weighted by Crippen LogP contribution is 2.28. The normalized spacial score (nSPS) is 9.88. The molecule has 0 aliphatic heterocycles. The first-order valence-corrected chi connectivity index (χ1v) is 5.37. The van der Waals surface area contributed by atoms with Crippen molar-refractivity contribution in [1.29, 1.82) is 0 Å². The zero-order chi connectivity index (χ0) is 11.8. The summed E-state index contributed by atoms with van der Waals surface area (Å²) in [4.78, 5) is 0. The van der Waals surface area contributed by atoms with Gasteiger partial charge in [-0.3, -0.25) is 0 Å². The molecule has 0 aliphatic carbocycles. The zero-order valence-electron chi connectivity index (χ0n) is 9.95. The van der Waals surface area contributed by atoms with Gasteiger partial charge in [-0.25, -0.2) is 0 Å². The molecule has 0 fully saturated rings. The Morgan fingerprint density at radius 1 is 1.38 bits per heavy atom. The number of methoxy groups -OCH3 is 1. The third kappa shape index (κ3) is 3.59. The summed E-state index contributed by atoms with van der Waals surface area (Å²) >= 11 is 0. The summed E-state index contributed by atoms with van der Waals surface area (Å²) < 4.78 is 10.9. The fourth-order valence-electron chi connectivity index (χ4n) is 1.39. The lowest BCUT2D eigenvalue weighted by Gasteiger charge is -2.11. The third-order valence-corrected chi connectivity index (χ3v) is 2.22.